The summed E-state index contributed by atoms with van der Waals surface area (Å²) in [6.45, 7) is 0. The average molecular weight is 422 g/mol. The molecule has 29 heavy (non-hydrogen) atoms. The van der Waals surface area contributed by atoms with Gasteiger partial charge in [0, 0.05) is 21.7 Å². The largest absolute Gasteiger partial charge is 0.478 e. The van der Waals surface area contributed by atoms with Crippen LogP contribution in [0.5, 0.6) is 0 Å². The van der Waals surface area contributed by atoms with Crippen molar-refractivity contribution in [2.45, 2.75) is 0 Å². The van der Waals surface area contributed by atoms with Crippen LogP contribution in [0.1, 0.15) is 20.7 Å². The number of rotatable bonds is 2. The van der Waals surface area contributed by atoms with Crippen molar-refractivity contribution in [2.24, 2.45) is 0 Å². The molecule has 2 saturated carbocycles. The summed E-state index contributed by atoms with van der Waals surface area (Å²) in [5.41, 5.74) is 0.662. The molecule has 0 aliphatic heterocycles. The number of carboxylic acids is 2. The quantitative estimate of drug-likeness (QED) is 0.682. The third kappa shape index (κ3) is 14.7. The van der Waals surface area contributed by atoms with Crippen LogP contribution in [0, 0.1) is 64.2 Å². The maximum absolute atomic E-state index is 10.2. The number of benzene rings is 2. The van der Waals surface area contributed by atoms with Crippen molar-refractivity contribution in [2.75, 3.05) is 0 Å². The van der Waals surface area contributed by atoms with E-state index >= 15 is 0 Å². The van der Waals surface area contributed by atoms with Crippen LogP contribution in [-0.4, -0.2) is 22.2 Å². The van der Waals surface area contributed by atoms with Gasteiger partial charge in [-0.2, -0.15) is 0 Å². The molecule has 2 aromatic rings. The zero-order valence-corrected chi connectivity index (χ0v) is 17.3. The smallest absolute Gasteiger partial charge is 0.335 e. The molecule has 2 aliphatic carbocycles. The molecule has 0 heterocycles. The van der Waals surface area contributed by atoms with Gasteiger partial charge in [-0.1, -0.05) is 36.4 Å². The maximum atomic E-state index is 10.2. The topological polar surface area (TPSA) is 74.6 Å². The van der Waals surface area contributed by atoms with Crippen LogP contribution in [0.2, 0.25) is 0 Å². The van der Waals surface area contributed by atoms with E-state index in [4.69, 9.17) is 10.2 Å². The van der Waals surface area contributed by atoms with E-state index in [9.17, 15) is 9.59 Å². The molecule has 4 rings (SSSR count). The van der Waals surface area contributed by atoms with Crippen LogP contribution in [-0.2, 0) is 21.7 Å². The van der Waals surface area contributed by atoms with Gasteiger partial charge in [-0.3, -0.25) is 0 Å². The van der Waals surface area contributed by atoms with E-state index in [0.717, 1.165) is 0 Å². The van der Waals surface area contributed by atoms with E-state index in [1.165, 1.54) is 0 Å². The van der Waals surface area contributed by atoms with Crippen molar-refractivity contribution in [1.29, 1.82) is 0 Å². The third-order valence-corrected chi connectivity index (χ3v) is 3.15. The van der Waals surface area contributed by atoms with Gasteiger partial charge in [0.25, 0.3) is 0 Å². The van der Waals surface area contributed by atoms with E-state index in [-0.39, 0.29) is 21.7 Å². The van der Waals surface area contributed by atoms with Crippen molar-refractivity contribution >= 4 is 11.9 Å². The second-order valence-electron chi connectivity index (χ2n) is 5.27. The molecule has 5 heteroatoms. The summed E-state index contributed by atoms with van der Waals surface area (Å²) in [6, 6.07) is 16.6. The fraction of sp³-hybridized carbons (Fsp3) is 0. The van der Waals surface area contributed by atoms with Crippen LogP contribution in [0.15, 0.2) is 60.7 Å². The van der Waals surface area contributed by atoms with E-state index < -0.39 is 11.9 Å². The van der Waals surface area contributed by atoms with Gasteiger partial charge in [0.05, 0.1) is 11.1 Å². The predicted octanol–water partition coefficient (Wildman–Crippen LogP) is 4.81. The van der Waals surface area contributed by atoms with Crippen molar-refractivity contribution in [3.8, 4) is 0 Å². The van der Waals surface area contributed by atoms with Gasteiger partial charge in [0.15, 0.2) is 0 Å². The minimum Gasteiger partial charge on any atom is -0.478 e. The first-order valence-corrected chi connectivity index (χ1v) is 8.51. The molecule has 0 atom stereocenters. The summed E-state index contributed by atoms with van der Waals surface area (Å²) in [4.78, 5) is 20.4. The van der Waals surface area contributed by atoms with Crippen LogP contribution >= 0.6 is 0 Å². The Morgan fingerprint density at radius 2 is 0.655 bits per heavy atom. The molecule has 4 nitrogen and oxygen atoms in total. The first-order valence-electron chi connectivity index (χ1n) is 8.51. The number of hydrogen-bond donors (Lipinski definition) is 2. The van der Waals surface area contributed by atoms with Gasteiger partial charge >= 0.3 is 11.9 Å². The van der Waals surface area contributed by atoms with Gasteiger partial charge in [-0.05, 0) is 88.5 Å². The number of hydrogen-bond acceptors (Lipinski definition) is 2. The first-order chi connectivity index (χ1) is 13.6. The predicted molar refractivity (Wildman–Crippen MR) is 110 cm³/mol. The van der Waals surface area contributed by atoms with E-state index in [1.54, 1.807) is 60.7 Å². The number of aromatic carboxylic acids is 2. The van der Waals surface area contributed by atoms with Gasteiger partial charge in [0.2, 0.25) is 0 Å². The Morgan fingerprint density at radius 1 is 0.448 bits per heavy atom. The van der Waals surface area contributed by atoms with Crippen LogP contribution in [0.25, 0.3) is 0 Å². The summed E-state index contributed by atoms with van der Waals surface area (Å²) in [6.07, 6.45) is 20.0. The summed E-state index contributed by atoms with van der Waals surface area (Å²) in [5, 5.41) is 16.8. The Morgan fingerprint density at radius 3 is 0.793 bits per heavy atom. The molecule has 2 fully saturated rings. The molecule has 0 aromatic heterocycles. The Labute approximate surface area is 189 Å². The zero-order chi connectivity index (χ0) is 20.5. The first kappa shape index (κ1) is 27.1. The van der Waals surface area contributed by atoms with Gasteiger partial charge in [-0.15, -0.1) is 0 Å². The molecule has 2 aromatic carbocycles. The molecule has 0 bridgehead atoms. The van der Waals surface area contributed by atoms with E-state index in [1.807, 2.05) is 64.2 Å². The third-order valence-electron chi connectivity index (χ3n) is 3.15. The second-order valence-corrected chi connectivity index (χ2v) is 5.27. The van der Waals surface area contributed by atoms with Crippen molar-refractivity contribution in [1.82, 2.24) is 0 Å². The molecule has 10 radical (unpaired) electrons. The van der Waals surface area contributed by atoms with Gasteiger partial charge < -0.3 is 10.2 Å². The molecule has 0 saturated heterocycles. The van der Waals surface area contributed by atoms with Gasteiger partial charge in [0.1, 0.15) is 0 Å². The Balaban J connectivity index is 0.000000369. The molecular formula is C24H22O4Ti. The molecule has 0 amide bonds. The van der Waals surface area contributed by atoms with Crippen LogP contribution in [0.4, 0.5) is 0 Å². The average Bonchev–Trinajstić information content (AvgIpc) is 3.48. The van der Waals surface area contributed by atoms with E-state index in [0.29, 0.717) is 11.1 Å². The monoisotopic (exact) mass is 422 g/mol. The van der Waals surface area contributed by atoms with Crippen LogP contribution < -0.4 is 0 Å². The van der Waals surface area contributed by atoms with Gasteiger partial charge in [-0.25, -0.2) is 9.59 Å². The SMILES string of the molecule is O=C(O)c1ccccc1.O=C(O)c1ccccc1.[CH]1[CH][CH][CH][CH]1.[CH]1[CH][CH][CH][CH]1.[Ti]. The maximum Gasteiger partial charge on any atom is 0.335 e. The summed E-state index contributed by atoms with van der Waals surface area (Å²) in [5.74, 6) is -1.76. The fourth-order valence-corrected chi connectivity index (χ4v) is 1.80. The minimum atomic E-state index is -0.879. The van der Waals surface area contributed by atoms with Crippen LogP contribution in [0.3, 0.4) is 0 Å². The normalized spacial score (nSPS) is 13.8. The van der Waals surface area contributed by atoms with Crippen molar-refractivity contribution < 1.29 is 41.5 Å². The Hall–Kier alpha value is -1.91. The standard InChI is InChI=1S/2C7H6O2.2C5H5.Ti/c2*8-7(9)6-4-2-1-3-5-6;2*1-2-4-5-3-1;/h2*1-5H,(H,8,9);2*1-5H;. The molecular weight excluding hydrogens is 400 g/mol. The molecule has 0 unspecified atom stereocenters. The fourth-order valence-electron chi connectivity index (χ4n) is 1.80. The number of carboxylic acid groups (broad SMARTS) is 2. The summed E-state index contributed by atoms with van der Waals surface area (Å²) >= 11 is 0. The second kappa shape index (κ2) is 18.1. The minimum absolute atomic E-state index is 0. The molecule has 146 valence electrons. The molecule has 2 aliphatic rings. The van der Waals surface area contributed by atoms with Crippen molar-refractivity contribution in [3.05, 3.63) is 136 Å². The number of carbonyl (C=O) groups is 2. The Kier molecular flexibility index (Phi) is 17.0. The van der Waals surface area contributed by atoms with E-state index in [2.05, 4.69) is 0 Å². The Bertz CT molecular complexity index is 576. The summed E-state index contributed by atoms with van der Waals surface area (Å²) in [7, 11) is 0. The summed E-state index contributed by atoms with van der Waals surface area (Å²) < 4.78 is 0. The molecule has 0 spiro atoms. The van der Waals surface area contributed by atoms with Crippen molar-refractivity contribution in [3.63, 3.8) is 0 Å². The molecule has 2 N–H and O–H groups in total. The zero-order valence-electron chi connectivity index (χ0n) is 15.8.